The first-order valence-electron chi connectivity index (χ1n) is 8.65. The minimum atomic E-state index is 0.207. The van der Waals surface area contributed by atoms with Crippen LogP contribution in [0.4, 0.5) is 0 Å². The molecule has 0 aromatic heterocycles. The number of ether oxygens (including phenoxy) is 1. The van der Waals surface area contributed by atoms with E-state index in [9.17, 15) is 5.26 Å². The second-order valence-electron chi connectivity index (χ2n) is 5.87. The third-order valence-electron chi connectivity index (χ3n) is 4.06. The fourth-order valence-electron chi connectivity index (χ4n) is 2.59. The van der Waals surface area contributed by atoms with Crippen LogP contribution in [0.5, 0.6) is 5.75 Å². The number of oxime groups is 1. The van der Waals surface area contributed by atoms with Crippen LogP contribution in [-0.4, -0.2) is 6.21 Å². The molecule has 0 saturated carbocycles. The molecule has 136 valence electrons. The van der Waals surface area contributed by atoms with Gasteiger partial charge in [-0.2, -0.15) is 10.5 Å². The van der Waals surface area contributed by atoms with Gasteiger partial charge in [0.05, 0.1) is 29.5 Å². The molecule has 0 unspecified atom stereocenters. The molecule has 0 N–H and O–H groups in total. The van der Waals surface area contributed by atoms with Crippen molar-refractivity contribution < 1.29 is 9.57 Å². The van der Waals surface area contributed by atoms with E-state index in [4.69, 9.17) is 14.8 Å². The molecular weight excluding hydrogens is 350 g/mol. The Morgan fingerprint density at radius 3 is 2.00 bits per heavy atom. The van der Waals surface area contributed by atoms with Crippen LogP contribution in [0.25, 0.3) is 0 Å². The van der Waals surface area contributed by atoms with Gasteiger partial charge in [0.2, 0.25) is 0 Å². The van der Waals surface area contributed by atoms with Crippen molar-refractivity contribution in [1.29, 1.82) is 10.5 Å². The lowest BCUT2D eigenvalue weighted by Crippen LogP contribution is -2.00. The Labute approximate surface area is 163 Å². The fraction of sp³-hybridized carbons (Fsp3) is 0.0870. The minimum absolute atomic E-state index is 0.207. The van der Waals surface area contributed by atoms with Gasteiger partial charge in [0, 0.05) is 16.7 Å². The first-order valence-corrected chi connectivity index (χ1v) is 8.65. The summed E-state index contributed by atoms with van der Waals surface area (Å²) in [6.45, 7) is 0.490. The fourth-order valence-corrected chi connectivity index (χ4v) is 2.59. The molecule has 0 spiro atoms. The molecule has 3 aromatic carbocycles. The van der Waals surface area contributed by atoms with Gasteiger partial charge in [-0.15, -0.1) is 0 Å². The van der Waals surface area contributed by atoms with Crippen LogP contribution in [-0.2, 0) is 18.1 Å². The van der Waals surface area contributed by atoms with Gasteiger partial charge in [-0.1, -0.05) is 53.7 Å². The highest BCUT2D eigenvalue weighted by Gasteiger charge is 2.05. The molecule has 3 rings (SSSR count). The van der Waals surface area contributed by atoms with Gasteiger partial charge in [-0.25, -0.2) is 0 Å². The van der Waals surface area contributed by atoms with Crippen LogP contribution in [0, 0.1) is 22.7 Å². The van der Waals surface area contributed by atoms with Gasteiger partial charge < -0.3 is 9.57 Å². The summed E-state index contributed by atoms with van der Waals surface area (Å²) in [5.74, 6) is 0.639. The summed E-state index contributed by atoms with van der Waals surface area (Å²) in [5.41, 5.74) is 3.51. The summed E-state index contributed by atoms with van der Waals surface area (Å²) in [4.78, 5) is 5.34. The van der Waals surface area contributed by atoms with Gasteiger partial charge in [-0.3, -0.25) is 0 Å². The van der Waals surface area contributed by atoms with Crippen molar-refractivity contribution in [1.82, 2.24) is 0 Å². The molecule has 0 aliphatic heterocycles. The van der Waals surface area contributed by atoms with E-state index in [0.717, 1.165) is 16.7 Å². The highest BCUT2D eigenvalue weighted by Crippen LogP contribution is 2.19. The normalized spacial score (nSPS) is 10.2. The minimum Gasteiger partial charge on any atom is -0.488 e. The standard InChI is InChI=1S/C23H17N3O2/c24-13-18-7-1-3-10-21(18)16-27-23-12-6-5-9-20(23)15-26-28-17-22-11-4-2-8-19(22)14-25/h1-12,15H,16-17H2/b26-15-. The molecular formula is C23H17N3O2. The van der Waals surface area contributed by atoms with Crippen LogP contribution >= 0.6 is 0 Å². The van der Waals surface area contributed by atoms with Gasteiger partial charge in [-0.05, 0) is 24.3 Å². The summed E-state index contributed by atoms with van der Waals surface area (Å²) in [5, 5.41) is 22.3. The van der Waals surface area contributed by atoms with Crippen molar-refractivity contribution in [3.8, 4) is 17.9 Å². The summed E-state index contributed by atoms with van der Waals surface area (Å²) < 4.78 is 5.88. The summed E-state index contributed by atoms with van der Waals surface area (Å²) in [6.07, 6.45) is 1.57. The van der Waals surface area contributed by atoms with Crippen LogP contribution in [0.3, 0.4) is 0 Å². The average Bonchev–Trinajstić information content (AvgIpc) is 2.76. The molecule has 0 radical (unpaired) electrons. The Hall–Kier alpha value is -4.09. The number of hydrogen-bond acceptors (Lipinski definition) is 5. The molecule has 0 fully saturated rings. The quantitative estimate of drug-likeness (QED) is 0.453. The monoisotopic (exact) mass is 367 g/mol. The zero-order valence-electron chi connectivity index (χ0n) is 15.1. The maximum Gasteiger partial charge on any atom is 0.143 e. The van der Waals surface area contributed by atoms with Crippen molar-refractivity contribution in [3.05, 3.63) is 101 Å². The van der Waals surface area contributed by atoms with E-state index in [2.05, 4.69) is 17.3 Å². The van der Waals surface area contributed by atoms with E-state index in [1.807, 2.05) is 60.7 Å². The van der Waals surface area contributed by atoms with E-state index in [0.29, 0.717) is 16.9 Å². The molecule has 5 nitrogen and oxygen atoms in total. The maximum atomic E-state index is 9.18. The molecule has 0 saturated heterocycles. The van der Waals surface area contributed by atoms with E-state index < -0.39 is 0 Å². The van der Waals surface area contributed by atoms with Crippen molar-refractivity contribution in [2.75, 3.05) is 0 Å². The van der Waals surface area contributed by atoms with Gasteiger partial charge in [0.25, 0.3) is 0 Å². The number of nitrogens with zero attached hydrogens (tertiary/aromatic N) is 3. The third kappa shape index (κ3) is 4.75. The number of rotatable bonds is 7. The predicted octanol–water partition coefficient (Wildman–Crippen LogP) is 4.56. The zero-order chi connectivity index (χ0) is 19.6. The largest absolute Gasteiger partial charge is 0.488 e. The van der Waals surface area contributed by atoms with Gasteiger partial charge in [0.15, 0.2) is 0 Å². The second kappa shape index (κ2) is 9.56. The summed E-state index contributed by atoms with van der Waals surface area (Å²) in [7, 11) is 0. The van der Waals surface area contributed by atoms with Crippen LogP contribution in [0.2, 0.25) is 0 Å². The lowest BCUT2D eigenvalue weighted by Gasteiger charge is -2.10. The Morgan fingerprint density at radius 2 is 1.32 bits per heavy atom. The van der Waals surface area contributed by atoms with Crippen LogP contribution in [0.15, 0.2) is 78.0 Å². The lowest BCUT2D eigenvalue weighted by molar-refractivity contribution is 0.132. The van der Waals surface area contributed by atoms with Gasteiger partial charge in [0.1, 0.15) is 19.0 Å². The topological polar surface area (TPSA) is 78.4 Å². The molecule has 5 heteroatoms. The molecule has 0 atom stereocenters. The molecule has 0 heterocycles. The number of benzene rings is 3. The second-order valence-corrected chi connectivity index (χ2v) is 5.87. The van der Waals surface area contributed by atoms with Crippen molar-refractivity contribution in [2.24, 2.45) is 5.16 Å². The van der Waals surface area contributed by atoms with Crippen molar-refractivity contribution in [2.45, 2.75) is 13.2 Å². The van der Waals surface area contributed by atoms with E-state index >= 15 is 0 Å². The molecule has 0 aliphatic rings. The molecule has 3 aromatic rings. The highest BCUT2D eigenvalue weighted by atomic mass is 16.6. The molecule has 0 amide bonds. The SMILES string of the molecule is N#Cc1ccccc1CO/N=C\c1ccccc1OCc1ccccc1C#N. The third-order valence-corrected chi connectivity index (χ3v) is 4.06. The average molecular weight is 367 g/mol. The smallest absolute Gasteiger partial charge is 0.143 e. The summed E-state index contributed by atoms with van der Waals surface area (Å²) in [6, 6.07) is 26.3. The van der Waals surface area contributed by atoms with Crippen LogP contribution in [0.1, 0.15) is 27.8 Å². The number of nitriles is 2. The highest BCUT2D eigenvalue weighted by molar-refractivity contribution is 5.83. The van der Waals surface area contributed by atoms with E-state index in [1.165, 1.54) is 0 Å². The first-order chi connectivity index (χ1) is 13.8. The molecule has 28 heavy (non-hydrogen) atoms. The lowest BCUT2D eigenvalue weighted by atomic mass is 10.1. The Balaban J connectivity index is 1.64. The molecule has 0 aliphatic carbocycles. The Kier molecular flexibility index (Phi) is 6.39. The predicted molar refractivity (Wildman–Crippen MR) is 105 cm³/mol. The number of para-hydroxylation sites is 1. The van der Waals surface area contributed by atoms with E-state index in [-0.39, 0.29) is 13.2 Å². The van der Waals surface area contributed by atoms with Crippen LogP contribution < -0.4 is 4.74 Å². The summed E-state index contributed by atoms with van der Waals surface area (Å²) >= 11 is 0. The Morgan fingerprint density at radius 1 is 0.750 bits per heavy atom. The van der Waals surface area contributed by atoms with Gasteiger partial charge >= 0.3 is 0 Å². The maximum absolute atomic E-state index is 9.18. The van der Waals surface area contributed by atoms with Crippen molar-refractivity contribution >= 4 is 6.21 Å². The first kappa shape index (κ1) is 18.7. The zero-order valence-corrected chi connectivity index (χ0v) is 15.1. The Bertz CT molecular complexity index is 1060. The molecule has 0 bridgehead atoms. The van der Waals surface area contributed by atoms with E-state index in [1.54, 1.807) is 18.3 Å². The van der Waals surface area contributed by atoms with Crippen molar-refractivity contribution in [3.63, 3.8) is 0 Å². The number of hydrogen-bond donors (Lipinski definition) is 0.